The van der Waals surface area contributed by atoms with E-state index in [2.05, 4.69) is 10.0 Å². The van der Waals surface area contributed by atoms with E-state index in [9.17, 15) is 13.2 Å². The van der Waals surface area contributed by atoms with Crippen LogP contribution in [0.15, 0.2) is 0 Å². The van der Waals surface area contributed by atoms with Gasteiger partial charge in [0.25, 0.3) is 10.2 Å². The maximum absolute atomic E-state index is 12.3. The molecule has 0 bridgehead atoms. The molecule has 2 aliphatic heterocycles. The minimum absolute atomic E-state index is 0.268. The van der Waals surface area contributed by atoms with Gasteiger partial charge in [-0.25, -0.2) is 4.72 Å². The molecule has 1 unspecified atom stereocenters. The van der Waals surface area contributed by atoms with Crippen molar-refractivity contribution < 1.29 is 17.9 Å². The zero-order valence-electron chi connectivity index (χ0n) is 12.5. The van der Waals surface area contributed by atoms with Crippen LogP contribution in [-0.4, -0.2) is 57.0 Å². The number of carbonyl (C=O) groups excluding carboxylic acids is 1. The van der Waals surface area contributed by atoms with Gasteiger partial charge >= 0.3 is 5.97 Å². The molecule has 2 atom stereocenters. The summed E-state index contributed by atoms with van der Waals surface area (Å²) >= 11 is 0. The van der Waals surface area contributed by atoms with Crippen LogP contribution >= 0.6 is 0 Å². The van der Waals surface area contributed by atoms with Crippen LogP contribution in [0.5, 0.6) is 0 Å². The van der Waals surface area contributed by atoms with Crippen molar-refractivity contribution in [1.82, 2.24) is 14.3 Å². The first-order valence-corrected chi connectivity index (χ1v) is 9.15. The minimum atomic E-state index is -3.61. The molecule has 2 saturated heterocycles. The highest BCUT2D eigenvalue weighted by Crippen LogP contribution is 2.21. The molecule has 0 aromatic rings. The summed E-state index contributed by atoms with van der Waals surface area (Å²) < 4.78 is 33.4. The van der Waals surface area contributed by atoms with Crippen molar-refractivity contribution in [3.8, 4) is 0 Å². The third-order valence-corrected chi connectivity index (χ3v) is 5.63. The lowest BCUT2D eigenvalue weighted by atomic mass is 10.2. The Kier molecular flexibility index (Phi) is 5.98. The standard InChI is InChI=1S/C13H25N3O4S/c1-2-20-13(17)12-6-4-10-16(12)21(18,19)15-9-7-11-5-3-8-14-11/h11-12,14-15H,2-10H2,1H3/t11-,12?/m1/s1. The molecule has 0 aliphatic carbocycles. The van der Waals surface area contributed by atoms with Crippen molar-refractivity contribution in [2.24, 2.45) is 0 Å². The van der Waals surface area contributed by atoms with E-state index in [1.165, 1.54) is 4.31 Å². The van der Waals surface area contributed by atoms with E-state index < -0.39 is 22.2 Å². The average Bonchev–Trinajstić information content (AvgIpc) is 3.10. The normalized spacial score (nSPS) is 27.1. The maximum Gasteiger partial charge on any atom is 0.324 e. The molecule has 122 valence electrons. The summed E-state index contributed by atoms with van der Waals surface area (Å²) in [4.78, 5) is 11.8. The quantitative estimate of drug-likeness (QED) is 0.645. The topological polar surface area (TPSA) is 87.7 Å². The summed E-state index contributed by atoms with van der Waals surface area (Å²) in [7, 11) is -3.61. The number of rotatable bonds is 7. The van der Waals surface area contributed by atoms with E-state index in [4.69, 9.17) is 4.74 Å². The van der Waals surface area contributed by atoms with Crippen molar-refractivity contribution >= 4 is 16.2 Å². The Balaban J connectivity index is 1.86. The van der Waals surface area contributed by atoms with Gasteiger partial charge in [0.05, 0.1) is 6.61 Å². The van der Waals surface area contributed by atoms with Crippen LogP contribution in [0.1, 0.15) is 39.0 Å². The number of nitrogens with one attached hydrogen (secondary N) is 2. The maximum atomic E-state index is 12.3. The predicted octanol–water partition coefficient (Wildman–Crippen LogP) is -0.00960. The Morgan fingerprint density at radius 2 is 2.19 bits per heavy atom. The van der Waals surface area contributed by atoms with Gasteiger partial charge in [-0.3, -0.25) is 4.79 Å². The van der Waals surface area contributed by atoms with Crippen molar-refractivity contribution in [2.45, 2.75) is 51.1 Å². The van der Waals surface area contributed by atoms with Crippen LogP contribution in [0.2, 0.25) is 0 Å². The molecule has 2 heterocycles. The van der Waals surface area contributed by atoms with E-state index in [0.717, 1.165) is 25.8 Å². The van der Waals surface area contributed by atoms with Crippen molar-refractivity contribution in [3.05, 3.63) is 0 Å². The van der Waals surface area contributed by atoms with E-state index in [-0.39, 0.29) is 6.61 Å². The summed E-state index contributed by atoms with van der Waals surface area (Å²) in [5.41, 5.74) is 0. The fraction of sp³-hybridized carbons (Fsp3) is 0.923. The van der Waals surface area contributed by atoms with Gasteiger partial charge in [-0.05, 0) is 45.6 Å². The number of nitrogens with zero attached hydrogens (tertiary/aromatic N) is 1. The first kappa shape index (κ1) is 16.7. The van der Waals surface area contributed by atoms with E-state index in [1.54, 1.807) is 6.92 Å². The SMILES string of the molecule is CCOC(=O)C1CCCN1S(=O)(=O)NCC[C@H]1CCCN1. The van der Waals surface area contributed by atoms with E-state index in [1.807, 2.05) is 0 Å². The van der Waals surface area contributed by atoms with Gasteiger partial charge < -0.3 is 10.1 Å². The van der Waals surface area contributed by atoms with Gasteiger partial charge in [-0.2, -0.15) is 12.7 Å². The molecule has 2 aliphatic rings. The van der Waals surface area contributed by atoms with Gasteiger partial charge in [0.2, 0.25) is 0 Å². The minimum Gasteiger partial charge on any atom is -0.465 e. The largest absolute Gasteiger partial charge is 0.465 e. The van der Waals surface area contributed by atoms with Crippen LogP contribution in [-0.2, 0) is 19.7 Å². The molecule has 0 aromatic heterocycles. The summed E-state index contributed by atoms with van der Waals surface area (Å²) in [6.07, 6.45) is 4.24. The van der Waals surface area contributed by atoms with Crippen LogP contribution in [0.4, 0.5) is 0 Å². The highest BCUT2D eigenvalue weighted by Gasteiger charge is 2.39. The number of carbonyl (C=O) groups is 1. The van der Waals surface area contributed by atoms with Crippen LogP contribution in [0.3, 0.4) is 0 Å². The molecule has 0 saturated carbocycles. The zero-order chi connectivity index (χ0) is 15.3. The van der Waals surface area contributed by atoms with Crippen molar-refractivity contribution in [2.75, 3.05) is 26.2 Å². The molecule has 0 aromatic carbocycles. The summed E-state index contributed by atoms with van der Waals surface area (Å²) in [5, 5.41) is 3.33. The van der Waals surface area contributed by atoms with Gasteiger partial charge in [0.15, 0.2) is 0 Å². The second-order valence-electron chi connectivity index (χ2n) is 5.50. The van der Waals surface area contributed by atoms with Crippen molar-refractivity contribution in [1.29, 1.82) is 0 Å². The fourth-order valence-corrected chi connectivity index (χ4v) is 4.39. The van der Waals surface area contributed by atoms with Gasteiger partial charge in [-0.15, -0.1) is 0 Å². The van der Waals surface area contributed by atoms with E-state index >= 15 is 0 Å². The smallest absolute Gasteiger partial charge is 0.324 e. The second-order valence-corrected chi connectivity index (χ2v) is 7.21. The average molecular weight is 319 g/mol. The van der Waals surface area contributed by atoms with Gasteiger partial charge in [0, 0.05) is 19.1 Å². The number of hydrogen-bond acceptors (Lipinski definition) is 5. The van der Waals surface area contributed by atoms with Crippen LogP contribution < -0.4 is 10.0 Å². The first-order chi connectivity index (χ1) is 10.0. The molecule has 2 fully saturated rings. The van der Waals surface area contributed by atoms with Crippen LogP contribution in [0.25, 0.3) is 0 Å². The zero-order valence-corrected chi connectivity index (χ0v) is 13.3. The lowest BCUT2D eigenvalue weighted by molar-refractivity contribution is -0.146. The Hall–Kier alpha value is -0.700. The molecule has 7 nitrogen and oxygen atoms in total. The first-order valence-electron chi connectivity index (χ1n) is 7.71. The molecule has 21 heavy (non-hydrogen) atoms. The van der Waals surface area contributed by atoms with Crippen LogP contribution in [0, 0.1) is 0 Å². The highest BCUT2D eigenvalue weighted by molar-refractivity contribution is 7.87. The number of ether oxygens (including phenoxy) is 1. The monoisotopic (exact) mass is 319 g/mol. The summed E-state index contributed by atoms with van der Waals surface area (Å²) in [6, 6.07) is -0.279. The third-order valence-electron chi connectivity index (χ3n) is 4.01. The Bertz CT molecular complexity index is 448. The second kappa shape index (κ2) is 7.53. The highest BCUT2D eigenvalue weighted by atomic mass is 32.2. The predicted molar refractivity (Wildman–Crippen MR) is 78.9 cm³/mol. The number of esters is 1. The molecular weight excluding hydrogens is 294 g/mol. The summed E-state index contributed by atoms with van der Waals surface area (Å²) in [6.45, 7) is 3.77. The molecule has 2 rings (SSSR count). The molecule has 2 N–H and O–H groups in total. The molecule has 0 amide bonds. The van der Waals surface area contributed by atoms with Gasteiger partial charge in [0.1, 0.15) is 6.04 Å². The van der Waals surface area contributed by atoms with Gasteiger partial charge in [-0.1, -0.05) is 0 Å². The molecule has 8 heteroatoms. The number of hydrogen-bond donors (Lipinski definition) is 2. The lowest BCUT2D eigenvalue weighted by Gasteiger charge is -2.23. The Labute approximate surface area is 126 Å². The lowest BCUT2D eigenvalue weighted by Crippen LogP contribution is -2.47. The van der Waals surface area contributed by atoms with Crippen molar-refractivity contribution in [3.63, 3.8) is 0 Å². The molecule has 0 spiro atoms. The third kappa shape index (κ3) is 4.38. The summed E-state index contributed by atoms with van der Waals surface area (Å²) in [5.74, 6) is -0.446. The Morgan fingerprint density at radius 3 is 2.86 bits per heavy atom. The van der Waals surface area contributed by atoms with E-state index in [0.29, 0.717) is 32.0 Å². The Morgan fingerprint density at radius 1 is 1.38 bits per heavy atom. The molecule has 0 radical (unpaired) electrons. The fourth-order valence-electron chi connectivity index (χ4n) is 2.95. The molecular formula is C13H25N3O4S.